The summed E-state index contributed by atoms with van der Waals surface area (Å²) in [6.45, 7) is 97.1. The topological polar surface area (TPSA) is 167 Å². The number of hydrogen-bond donors (Lipinski definition) is 0. The minimum Gasteiger partial charge on any atom is -0.473 e. The second-order valence-corrected chi connectivity index (χ2v) is 44.2. The Morgan fingerprint density at radius 1 is 0.259 bits per heavy atom. The standard InChI is InChI=1S/C5H5N.C5H6.11C5H12.3C4H4N2.2C4H5N.C4H4O.C4H4S.C3H3NO.C3H3NS.2CH4/c1-2-4-6-5-3-1;1-2-4-5-3-1;11*1-5(2,3)4;1-2-6-4-3-5-1;1-2-5-4-6-3-1;1-2-4-6-5-3-1;4*1-2-4-5-3-1;2*1-2-5-3-4-1;;/h1-5H;1-4H,5H2;11*1-4H3;3*1-4H;1,3-4H,2H2;1-3H,4H2;2*1-4H;2*1-3H;2*1H4. The van der Waals surface area contributed by atoms with Crippen molar-refractivity contribution in [2.24, 2.45) is 69.5 Å². The number of pyridine rings is 1. The van der Waals surface area contributed by atoms with Gasteiger partial charge in [0.25, 0.3) is 0 Å². The molecule has 0 atom stereocenters. The Morgan fingerprint density at radius 3 is 0.690 bits per heavy atom. The molecule has 116 heavy (non-hydrogen) atoms. The molecule has 8 aromatic heterocycles. The van der Waals surface area contributed by atoms with Crippen LogP contribution in [0.15, 0.2) is 256 Å². The van der Waals surface area contributed by atoms with E-state index in [1.54, 1.807) is 134 Å². The van der Waals surface area contributed by atoms with Crippen LogP contribution in [-0.2, 0) is 0 Å². The molecule has 3 aliphatic rings. The highest BCUT2D eigenvalue weighted by Crippen LogP contribution is 2.13. The molecule has 0 N–H and O–H groups in total. The lowest BCUT2D eigenvalue weighted by Gasteiger charge is -2.05. The van der Waals surface area contributed by atoms with E-state index in [4.69, 9.17) is 0 Å². The Hall–Kier alpha value is -7.49. The summed E-state index contributed by atoms with van der Waals surface area (Å²) in [5, 5.41) is 13.1. The lowest BCUT2D eigenvalue weighted by molar-refractivity contribution is 0.469. The zero-order chi connectivity index (χ0) is 91.2. The Labute approximate surface area is 729 Å². The van der Waals surface area contributed by atoms with Crippen LogP contribution in [0, 0.1) is 59.6 Å². The first-order chi connectivity index (χ1) is 51.5. The predicted molar refractivity (Wildman–Crippen MR) is 530 cm³/mol. The molecule has 8 aromatic rings. The molecule has 0 fully saturated rings. The number of oxazole rings is 1. The van der Waals surface area contributed by atoms with Crippen LogP contribution < -0.4 is 0 Å². The van der Waals surface area contributed by atoms with Crippen molar-refractivity contribution in [3.63, 3.8) is 0 Å². The van der Waals surface area contributed by atoms with Gasteiger partial charge in [-0.15, -0.1) is 11.3 Å². The van der Waals surface area contributed by atoms with Gasteiger partial charge in [-0.2, -0.15) is 21.5 Å². The average Bonchev–Trinajstić information content (AvgIpc) is 2.35. The summed E-state index contributed by atoms with van der Waals surface area (Å²) < 4.78 is 9.06. The van der Waals surface area contributed by atoms with Crippen LogP contribution in [0.2, 0.25) is 0 Å². The van der Waals surface area contributed by atoms with Gasteiger partial charge >= 0.3 is 0 Å². The van der Waals surface area contributed by atoms with E-state index in [0.29, 0.717) is 59.6 Å². The van der Waals surface area contributed by atoms with Crippen LogP contribution in [0.4, 0.5) is 0 Å². The zero-order valence-corrected chi connectivity index (χ0v) is 83.5. The first-order valence-corrected chi connectivity index (χ1v) is 41.6. The summed E-state index contributed by atoms with van der Waals surface area (Å²) >= 11 is 3.31. The number of furan rings is 1. The molecule has 0 aromatic carbocycles. The third kappa shape index (κ3) is 447. The number of nitrogens with zero attached hydrogens (tertiary/aromatic N) is 11. The lowest BCUT2D eigenvalue weighted by atomic mass is 10.0. The third-order valence-electron chi connectivity index (χ3n) is 5.28. The summed E-state index contributed by atoms with van der Waals surface area (Å²) in [4.78, 5) is 33.5. The molecular formula is C101H187N11O2S2. The van der Waals surface area contributed by atoms with Crippen molar-refractivity contribution in [1.29, 1.82) is 0 Å². The molecule has 0 unspecified atom stereocenters. The van der Waals surface area contributed by atoms with Gasteiger partial charge in [-0.1, -0.05) is 374 Å². The van der Waals surface area contributed by atoms with Gasteiger partial charge in [0, 0.05) is 98.6 Å². The maximum atomic E-state index is 4.58. The van der Waals surface area contributed by atoms with Crippen LogP contribution in [0.25, 0.3) is 0 Å². The van der Waals surface area contributed by atoms with E-state index in [2.05, 4.69) is 393 Å². The van der Waals surface area contributed by atoms with Crippen molar-refractivity contribution in [2.75, 3.05) is 6.54 Å². The molecule has 0 saturated carbocycles. The van der Waals surface area contributed by atoms with Crippen molar-refractivity contribution in [3.8, 4) is 0 Å². The summed E-state index contributed by atoms with van der Waals surface area (Å²) in [6, 6.07) is 18.8. The second-order valence-electron chi connectivity index (χ2n) is 42.7. The minimum absolute atomic E-state index is 0. The highest BCUT2D eigenvalue weighted by Gasteiger charge is 2.00. The fraction of sp³-hybridized carbons (Fsp3) is 0.594. The normalized spacial score (nSPS) is 11.0. The van der Waals surface area contributed by atoms with Gasteiger partial charge in [-0.25, -0.2) is 15.0 Å². The number of aliphatic imine (C=N–C) groups is 2. The molecule has 0 bridgehead atoms. The molecule has 1 aliphatic carbocycles. The molecule has 2 aliphatic heterocycles. The molecule has 670 valence electrons. The van der Waals surface area contributed by atoms with Gasteiger partial charge in [-0.05, 0) is 125 Å². The number of rotatable bonds is 0. The van der Waals surface area contributed by atoms with Crippen molar-refractivity contribution in [2.45, 2.75) is 332 Å². The van der Waals surface area contributed by atoms with E-state index < -0.39 is 0 Å². The smallest absolute Gasteiger partial charge is 0.180 e. The highest BCUT2D eigenvalue weighted by molar-refractivity contribution is 7.07. The minimum atomic E-state index is 0. The van der Waals surface area contributed by atoms with E-state index in [9.17, 15) is 0 Å². The van der Waals surface area contributed by atoms with Crippen molar-refractivity contribution in [3.05, 3.63) is 237 Å². The average molecular weight is 1650 g/mol. The molecule has 0 spiro atoms. The van der Waals surface area contributed by atoms with Crippen LogP contribution in [0.3, 0.4) is 0 Å². The summed E-state index contributed by atoms with van der Waals surface area (Å²) in [5.74, 6) is 0. The maximum absolute atomic E-state index is 4.58. The largest absolute Gasteiger partial charge is 0.473 e. The number of thiazole rings is 1. The first-order valence-electron chi connectivity index (χ1n) is 39.7. The van der Waals surface area contributed by atoms with Gasteiger partial charge in [0.2, 0.25) is 0 Å². The SMILES string of the molecule is C.C.C1=CCC=C1.C1=CCN=C1.C1=CN=CC1.CC(C)(C)C.CC(C)(C)C.CC(C)(C)C.CC(C)(C)C.CC(C)(C)C.CC(C)(C)C.CC(C)(C)C.CC(C)(C)C.CC(C)(C)C.CC(C)(C)C.CC(C)(C)C.c1ccncc1.c1ccnnc1.c1ccoc1.c1ccsc1.c1cnccn1.c1cncnc1.c1cocn1.c1cscn1. The monoisotopic (exact) mass is 1650 g/mol. The Balaban J connectivity index is -0.0000000871. The fourth-order valence-electron chi connectivity index (χ4n) is 2.88. The van der Waals surface area contributed by atoms with Gasteiger partial charge in [0.15, 0.2) is 6.39 Å². The van der Waals surface area contributed by atoms with Gasteiger partial charge in [0.1, 0.15) is 12.6 Å². The Morgan fingerprint density at radius 2 is 0.595 bits per heavy atom. The predicted octanol–water partition coefficient (Wildman–Crippen LogP) is 34.3. The van der Waals surface area contributed by atoms with Crippen LogP contribution in [0.1, 0.15) is 332 Å². The molecule has 0 radical (unpaired) electrons. The van der Waals surface area contributed by atoms with E-state index in [1.165, 1.54) is 19.0 Å². The van der Waals surface area contributed by atoms with E-state index in [-0.39, 0.29) is 14.9 Å². The molecule has 0 saturated heterocycles. The molecule has 0 amide bonds. The lowest BCUT2D eigenvalue weighted by Crippen LogP contribution is -1.93. The van der Waals surface area contributed by atoms with Crippen molar-refractivity contribution in [1.82, 2.24) is 45.1 Å². The highest BCUT2D eigenvalue weighted by atomic mass is 32.1. The molecule has 15 heteroatoms. The van der Waals surface area contributed by atoms with Gasteiger partial charge in [0.05, 0.1) is 30.8 Å². The van der Waals surface area contributed by atoms with Gasteiger partial charge < -0.3 is 8.83 Å². The summed E-state index contributed by atoms with van der Waals surface area (Å²) in [7, 11) is 0. The maximum Gasteiger partial charge on any atom is 0.180 e. The Kier molecular flexibility index (Phi) is 105. The van der Waals surface area contributed by atoms with E-state index in [0.717, 1.165) is 19.4 Å². The van der Waals surface area contributed by atoms with Crippen LogP contribution in [-0.4, -0.2) is 64.1 Å². The molecular weight excluding hydrogens is 1460 g/mol. The van der Waals surface area contributed by atoms with E-state index >= 15 is 0 Å². The number of hydrogen-bond acceptors (Lipinski definition) is 15. The molecule has 13 nitrogen and oxygen atoms in total. The third-order valence-corrected chi connectivity index (χ3v) is 6.43. The van der Waals surface area contributed by atoms with Crippen LogP contribution in [0.5, 0.6) is 0 Å². The second kappa shape index (κ2) is 88.3. The fourth-order valence-corrected chi connectivity index (χ4v) is 3.68. The van der Waals surface area contributed by atoms with Gasteiger partial charge in [-0.3, -0.25) is 29.9 Å². The van der Waals surface area contributed by atoms with Crippen molar-refractivity contribution < 1.29 is 8.83 Å². The zero-order valence-electron chi connectivity index (χ0n) is 81.8. The molecule has 11 rings (SSSR count). The number of allylic oxidation sites excluding steroid dienone is 6. The first kappa shape index (κ1) is 137. The van der Waals surface area contributed by atoms with Crippen LogP contribution >= 0.6 is 22.7 Å². The van der Waals surface area contributed by atoms with Crippen molar-refractivity contribution >= 4 is 35.1 Å². The summed E-state index contributed by atoms with van der Waals surface area (Å²) in [6.07, 6.45) is 49.7. The van der Waals surface area contributed by atoms with E-state index in [1.807, 2.05) is 95.2 Å². The quantitative estimate of drug-likeness (QED) is 0.142. The molecule has 10 heterocycles. The number of thiophene rings is 1. The number of aromatic nitrogens is 9. The summed E-state index contributed by atoms with van der Waals surface area (Å²) in [5.41, 5.74) is 7.29. The Bertz CT molecular complexity index is 2290.